The molecule has 1 aliphatic heterocycles. The van der Waals surface area contributed by atoms with E-state index in [9.17, 15) is 17.6 Å². The molecule has 0 N–H and O–H groups in total. The van der Waals surface area contributed by atoms with Gasteiger partial charge < -0.3 is 0 Å². The van der Waals surface area contributed by atoms with Crippen molar-refractivity contribution in [2.45, 2.75) is 6.42 Å². The van der Waals surface area contributed by atoms with Crippen LogP contribution in [0.25, 0.3) is 0 Å². The molecule has 1 aromatic heterocycles. The van der Waals surface area contributed by atoms with Crippen LogP contribution in [0, 0.1) is 11.7 Å². The maximum Gasteiger partial charge on any atom is 0.232 e. The molecule has 5 nitrogen and oxygen atoms in total. The number of amides is 1. The number of hydrogen-bond donors (Lipinski definition) is 0. The first-order valence-electron chi connectivity index (χ1n) is 5.30. The van der Waals surface area contributed by atoms with E-state index in [1.54, 1.807) is 0 Å². The van der Waals surface area contributed by atoms with Gasteiger partial charge in [-0.3, -0.25) is 9.69 Å². The van der Waals surface area contributed by atoms with Gasteiger partial charge in [-0.05, 0) is 15.9 Å². The van der Waals surface area contributed by atoms with Crippen molar-refractivity contribution in [3.05, 3.63) is 22.6 Å². The van der Waals surface area contributed by atoms with Gasteiger partial charge in [-0.2, -0.15) is 0 Å². The van der Waals surface area contributed by atoms with Crippen molar-refractivity contribution in [2.24, 2.45) is 5.92 Å². The molecule has 1 aromatic rings. The first-order chi connectivity index (χ1) is 8.76. The molecule has 0 spiro atoms. The summed E-state index contributed by atoms with van der Waals surface area (Å²) in [6, 6.07) is 1.12. The molecule has 0 aromatic carbocycles. The lowest BCUT2D eigenvalue weighted by Crippen LogP contribution is -2.26. The molecule has 19 heavy (non-hydrogen) atoms. The maximum absolute atomic E-state index is 13.4. The van der Waals surface area contributed by atoms with Crippen LogP contribution in [-0.4, -0.2) is 31.6 Å². The highest BCUT2D eigenvalue weighted by Crippen LogP contribution is 2.27. The summed E-state index contributed by atoms with van der Waals surface area (Å²) in [7, 11) is 1.50. The SMILES string of the molecule is O=C1CC(CS(=O)(=O)Cl)CN1c1cc(F)c(Br)cn1. The highest BCUT2D eigenvalue weighted by atomic mass is 79.9. The molecule has 1 atom stereocenters. The van der Waals surface area contributed by atoms with E-state index in [0.29, 0.717) is 0 Å². The largest absolute Gasteiger partial charge is 0.296 e. The van der Waals surface area contributed by atoms with Gasteiger partial charge >= 0.3 is 0 Å². The van der Waals surface area contributed by atoms with Gasteiger partial charge in [-0.1, -0.05) is 0 Å². The molecule has 2 heterocycles. The minimum atomic E-state index is -3.66. The zero-order valence-corrected chi connectivity index (χ0v) is 12.7. The lowest BCUT2D eigenvalue weighted by atomic mass is 10.1. The minimum Gasteiger partial charge on any atom is -0.296 e. The Balaban J connectivity index is 2.18. The second-order valence-electron chi connectivity index (χ2n) is 4.24. The van der Waals surface area contributed by atoms with Crippen molar-refractivity contribution in [1.82, 2.24) is 4.98 Å². The number of halogens is 3. The lowest BCUT2D eigenvalue weighted by Gasteiger charge is -2.15. The summed E-state index contributed by atoms with van der Waals surface area (Å²) in [5.74, 6) is -1.34. The predicted octanol–water partition coefficient (Wildman–Crippen LogP) is 1.90. The standard InChI is InChI=1S/C10H9BrClFN2O3S/c11-7-3-14-9(2-8(7)13)15-4-6(1-10(15)16)5-19(12,17)18/h2-3,6H,1,4-5H2. The Morgan fingerprint density at radius 3 is 2.84 bits per heavy atom. The first-order valence-corrected chi connectivity index (χ1v) is 8.57. The molecule has 0 radical (unpaired) electrons. The second kappa shape index (κ2) is 5.34. The summed E-state index contributed by atoms with van der Waals surface area (Å²) in [6.07, 6.45) is 1.31. The van der Waals surface area contributed by atoms with E-state index >= 15 is 0 Å². The molecule has 1 amide bonds. The van der Waals surface area contributed by atoms with Gasteiger partial charge in [0.1, 0.15) is 11.6 Å². The van der Waals surface area contributed by atoms with E-state index in [-0.39, 0.29) is 34.9 Å². The Morgan fingerprint density at radius 2 is 2.26 bits per heavy atom. The van der Waals surface area contributed by atoms with Crippen LogP contribution in [0.5, 0.6) is 0 Å². The summed E-state index contributed by atoms with van der Waals surface area (Å²) in [6.45, 7) is 0.166. The summed E-state index contributed by atoms with van der Waals surface area (Å²) in [5.41, 5.74) is 0. The second-order valence-corrected chi connectivity index (χ2v) is 7.91. The average Bonchev–Trinajstić information content (AvgIpc) is 2.61. The third-order valence-electron chi connectivity index (χ3n) is 2.71. The summed E-state index contributed by atoms with van der Waals surface area (Å²) in [5, 5.41) is 0. The normalized spacial score (nSPS) is 20.1. The van der Waals surface area contributed by atoms with E-state index in [4.69, 9.17) is 10.7 Å². The van der Waals surface area contributed by atoms with Crippen molar-refractivity contribution in [1.29, 1.82) is 0 Å². The Hall–Kier alpha value is -0.730. The van der Waals surface area contributed by atoms with Gasteiger partial charge in [0, 0.05) is 41.8 Å². The minimum absolute atomic E-state index is 0.0608. The van der Waals surface area contributed by atoms with Crippen LogP contribution in [0.4, 0.5) is 10.2 Å². The van der Waals surface area contributed by atoms with Crippen molar-refractivity contribution < 1.29 is 17.6 Å². The molecular weight excluding hydrogens is 363 g/mol. The van der Waals surface area contributed by atoms with Gasteiger partial charge in [-0.15, -0.1) is 0 Å². The van der Waals surface area contributed by atoms with Crippen LogP contribution < -0.4 is 4.90 Å². The van der Waals surface area contributed by atoms with E-state index in [0.717, 1.165) is 6.07 Å². The molecule has 104 valence electrons. The maximum atomic E-state index is 13.4. The first kappa shape index (κ1) is 14.7. The topological polar surface area (TPSA) is 67.3 Å². The van der Waals surface area contributed by atoms with Crippen molar-refractivity contribution in [2.75, 3.05) is 17.2 Å². The number of hydrogen-bond acceptors (Lipinski definition) is 4. The highest BCUT2D eigenvalue weighted by molar-refractivity contribution is 9.10. The van der Waals surface area contributed by atoms with Crippen LogP contribution in [0.1, 0.15) is 6.42 Å². The number of pyridine rings is 1. The summed E-state index contributed by atoms with van der Waals surface area (Å²) >= 11 is 2.97. The fourth-order valence-corrected chi connectivity index (χ4v) is 3.49. The Morgan fingerprint density at radius 1 is 1.58 bits per heavy atom. The molecular formula is C10H9BrClFN2O3S. The van der Waals surface area contributed by atoms with Gasteiger partial charge in [-0.25, -0.2) is 17.8 Å². The van der Waals surface area contributed by atoms with Gasteiger partial charge in [0.25, 0.3) is 0 Å². The quantitative estimate of drug-likeness (QED) is 0.761. The van der Waals surface area contributed by atoms with Crippen LogP contribution in [0.3, 0.4) is 0 Å². The smallest absolute Gasteiger partial charge is 0.232 e. The Labute approximate surface area is 122 Å². The number of carbonyl (C=O) groups excluding carboxylic acids is 1. The fraction of sp³-hybridized carbons (Fsp3) is 0.400. The number of rotatable bonds is 3. The Bertz CT molecular complexity index is 625. The van der Waals surface area contributed by atoms with E-state index in [2.05, 4.69) is 20.9 Å². The van der Waals surface area contributed by atoms with Gasteiger partial charge in [0.05, 0.1) is 10.2 Å². The zero-order valence-electron chi connectivity index (χ0n) is 9.51. The number of carbonyl (C=O) groups is 1. The monoisotopic (exact) mass is 370 g/mol. The molecule has 1 unspecified atom stereocenters. The predicted molar refractivity (Wildman–Crippen MR) is 72.0 cm³/mol. The third kappa shape index (κ3) is 3.64. The molecule has 0 aliphatic carbocycles. The van der Waals surface area contributed by atoms with Gasteiger partial charge in [0.15, 0.2) is 0 Å². The highest BCUT2D eigenvalue weighted by Gasteiger charge is 2.34. The van der Waals surface area contributed by atoms with Crippen LogP contribution in [0.2, 0.25) is 0 Å². The van der Waals surface area contributed by atoms with Crippen LogP contribution >= 0.6 is 26.6 Å². The summed E-state index contributed by atoms with van der Waals surface area (Å²) in [4.78, 5) is 17.0. The number of aromatic nitrogens is 1. The number of anilines is 1. The number of nitrogens with zero attached hydrogens (tertiary/aromatic N) is 2. The van der Waals surface area contributed by atoms with Crippen LogP contribution in [-0.2, 0) is 13.8 Å². The molecule has 2 rings (SSSR count). The Kier molecular flexibility index (Phi) is 4.12. The van der Waals surface area contributed by atoms with E-state index in [1.807, 2.05) is 0 Å². The fourth-order valence-electron chi connectivity index (χ4n) is 1.95. The molecule has 1 aliphatic rings. The zero-order chi connectivity index (χ0) is 14.2. The molecule has 0 saturated carbocycles. The molecule has 0 bridgehead atoms. The summed E-state index contributed by atoms with van der Waals surface area (Å²) < 4.78 is 35.6. The van der Waals surface area contributed by atoms with Crippen molar-refractivity contribution >= 4 is 47.4 Å². The third-order valence-corrected chi connectivity index (χ3v) is 4.54. The van der Waals surface area contributed by atoms with E-state index in [1.165, 1.54) is 11.1 Å². The molecule has 9 heteroatoms. The lowest BCUT2D eigenvalue weighted by molar-refractivity contribution is -0.117. The van der Waals surface area contributed by atoms with Crippen molar-refractivity contribution in [3.63, 3.8) is 0 Å². The van der Waals surface area contributed by atoms with Crippen LogP contribution in [0.15, 0.2) is 16.7 Å². The van der Waals surface area contributed by atoms with Crippen molar-refractivity contribution in [3.8, 4) is 0 Å². The van der Waals surface area contributed by atoms with E-state index < -0.39 is 20.8 Å². The molecule has 1 saturated heterocycles. The average molecular weight is 372 g/mol. The molecule has 1 fully saturated rings. The van der Waals surface area contributed by atoms with Gasteiger partial charge in [0.2, 0.25) is 15.0 Å².